The molecule has 0 bridgehead atoms. The van der Waals surface area contributed by atoms with Crippen molar-refractivity contribution in [2.45, 2.75) is 102 Å². The van der Waals surface area contributed by atoms with Gasteiger partial charge in [-0.25, -0.2) is 4.79 Å². The number of aliphatic hydroxyl groups excluding tert-OH is 3. The summed E-state index contributed by atoms with van der Waals surface area (Å²) in [6.07, 6.45) is -5.52. The number of fused-ring (bicyclic) bond motifs is 2. The molecule has 6 rings (SSSR count). The lowest BCUT2D eigenvalue weighted by molar-refractivity contribution is -0.359. The summed E-state index contributed by atoms with van der Waals surface area (Å²) in [5.41, 5.74) is -6.77. The first-order chi connectivity index (χ1) is 18.6. The van der Waals surface area contributed by atoms with Crippen molar-refractivity contribution in [3.63, 3.8) is 0 Å². The van der Waals surface area contributed by atoms with Crippen LogP contribution < -0.4 is 0 Å². The summed E-state index contributed by atoms with van der Waals surface area (Å²) in [5.74, 6) is -4.29. The molecule has 12 nitrogen and oxygen atoms in total. The van der Waals surface area contributed by atoms with E-state index in [0.29, 0.717) is 5.56 Å². The number of ether oxygens (including phenoxy) is 4. The lowest BCUT2D eigenvalue weighted by Crippen LogP contribution is -2.80. The van der Waals surface area contributed by atoms with Gasteiger partial charge in [0.2, 0.25) is 6.29 Å². The predicted octanol–water partition coefficient (Wildman–Crippen LogP) is 0.744. The van der Waals surface area contributed by atoms with Crippen LogP contribution in [0.15, 0.2) is 23.0 Å². The molecule has 1 aromatic rings. The van der Waals surface area contributed by atoms with Crippen LogP contribution in [0.4, 0.5) is 0 Å². The minimum absolute atomic E-state index is 0.0204. The molecule has 5 aliphatic rings. The summed E-state index contributed by atoms with van der Waals surface area (Å²) in [6, 6.07) is 1.66. The van der Waals surface area contributed by atoms with Crippen molar-refractivity contribution < 1.29 is 58.2 Å². The van der Waals surface area contributed by atoms with Crippen molar-refractivity contribution in [1.29, 1.82) is 0 Å². The Kier molecular flexibility index (Phi) is 5.73. The number of hydrogen-bond acceptors (Lipinski definition) is 12. The van der Waals surface area contributed by atoms with Crippen molar-refractivity contribution in [2.75, 3.05) is 0 Å². The number of carbonyl (C=O) groups excluding carboxylic acids is 3. The van der Waals surface area contributed by atoms with Crippen molar-refractivity contribution in [1.82, 2.24) is 0 Å². The molecule has 4 N–H and O–H groups in total. The Morgan fingerprint density at radius 2 is 1.82 bits per heavy atom. The molecule has 220 valence electrons. The van der Waals surface area contributed by atoms with Gasteiger partial charge in [0.25, 0.3) is 0 Å². The topological polar surface area (TPSA) is 185 Å². The van der Waals surface area contributed by atoms with Gasteiger partial charge in [0.05, 0.1) is 42.2 Å². The number of hydrogen-bond donors (Lipinski definition) is 4. The largest absolute Gasteiger partial charge is 0.472 e. The maximum atomic E-state index is 13.4. The highest BCUT2D eigenvalue weighted by Gasteiger charge is 2.91. The average molecular weight is 565 g/mol. The average Bonchev–Trinajstić information content (AvgIpc) is 3.40. The van der Waals surface area contributed by atoms with E-state index in [-0.39, 0.29) is 12.8 Å². The third kappa shape index (κ3) is 3.11. The second-order valence-electron chi connectivity index (χ2n) is 13.2. The third-order valence-corrected chi connectivity index (χ3v) is 10.8. The standard InChI is InChI=1S/C28H36O12/c1-12(29)37-17-8-15(24(2,3)35)27(16(31)9-18(32)38-23(27)34)19-14(30)10-25(4)20(13-6-7-36-11-13)39-22(33)21-28(25,40-21)26(17,19)5/h6-7,11,14-17,19-21,23,30-31,34-35H,8-10H2,1-5H3/t14-,15+,16+,17-,19+,20+,21-,23-,25+,26-,27?,28-/m1/s1. The van der Waals surface area contributed by atoms with E-state index in [1.807, 2.05) is 6.92 Å². The van der Waals surface area contributed by atoms with Crippen LogP contribution in [-0.2, 0) is 33.3 Å². The first-order valence-electron chi connectivity index (χ1n) is 13.6. The summed E-state index contributed by atoms with van der Waals surface area (Å²) in [7, 11) is 0. The zero-order chi connectivity index (χ0) is 29.2. The predicted molar refractivity (Wildman–Crippen MR) is 131 cm³/mol. The summed E-state index contributed by atoms with van der Waals surface area (Å²) in [4.78, 5) is 38.2. The van der Waals surface area contributed by atoms with Gasteiger partial charge in [-0.15, -0.1) is 0 Å². The molecule has 1 aromatic heterocycles. The lowest BCUT2D eigenvalue weighted by atomic mass is 9.35. The number of epoxide rings is 1. The Hall–Kier alpha value is -2.51. The molecule has 0 aromatic carbocycles. The molecule has 3 aliphatic heterocycles. The van der Waals surface area contributed by atoms with E-state index in [2.05, 4.69) is 0 Å². The number of cyclic esters (lactones) is 2. The third-order valence-electron chi connectivity index (χ3n) is 10.8. The van der Waals surface area contributed by atoms with Gasteiger partial charge >= 0.3 is 17.9 Å². The number of esters is 3. The molecule has 12 atom stereocenters. The first kappa shape index (κ1) is 27.6. The molecule has 1 unspecified atom stereocenters. The molecule has 4 heterocycles. The number of carbonyl (C=O) groups is 3. The van der Waals surface area contributed by atoms with E-state index < -0.39 is 100 Å². The van der Waals surface area contributed by atoms with Gasteiger partial charge in [-0.2, -0.15) is 0 Å². The summed E-state index contributed by atoms with van der Waals surface area (Å²) in [5, 5.41) is 46.8. The van der Waals surface area contributed by atoms with Crippen LogP contribution in [0.25, 0.3) is 0 Å². The number of furan rings is 1. The van der Waals surface area contributed by atoms with E-state index in [0.717, 1.165) is 0 Å². The summed E-state index contributed by atoms with van der Waals surface area (Å²) < 4.78 is 28.7. The van der Waals surface area contributed by atoms with Crippen LogP contribution in [0.2, 0.25) is 0 Å². The SMILES string of the molecule is CC(=O)O[C@@H]1C[C@@H](C(C)(C)O)C2([C@H](O)OC(=O)C[C@@H]2O)[C@H]2[C@H](O)C[C@@]3(C)[C@H](c4ccoc4)OC(=O)[C@H]4O[C@]43[C@@]21C. The van der Waals surface area contributed by atoms with Crippen molar-refractivity contribution in [2.24, 2.45) is 28.1 Å². The van der Waals surface area contributed by atoms with Gasteiger partial charge in [0, 0.05) is 35.2 Å². The zero-order valence-electron chi connectivity index (χ0n) is 23.0. The van der Waals surface area contributed by atoms with Gasteiger partial charge in [-0.1, -0.05) is 13.8 Å². The molecular weight excluding hydrogens is 528 g/mol. The fraction of sp³-hybridized carbons (Fsp3) is 0.750. The van der Waals surface area contributed by atoms with Gasteiger partial charge in [0.15, 0.2) is 6.10 Å². The Labute approximate surface area is 230 Å². The van der Waals surface area contributed by atoms with Crippen molar-refractivity contribution >= 4 is 17.9 Å². The number of rotatable bonds is 3. The minimum atomic E-state index is -1.92. The smallest absolute Gasteiger partial charge is 0.339 e. The normalized spacial score (nSPS) is 49.7. The Morgan fingerprint density at radius 3 is 2.40 bits per heavy atom. The van der Waals surface area contributed by atoms with Crippen LogP contribution in [0.3, 0.4) is 0 Å². The van der Waals surface area contributed by atoms with Crippen LogP contribution in [0.1, 0.15) is 65.5 Å². The minimum Gasteiger partial charge on any atom is -0.472 e. The zero-order valence-corrected chi connectivity index (χ0v) is 23.0. The summed E-state index contributed by atoms with van der Waals surface area (Å²) >= 11 is 0. The Balaban J connectivity index is 1.63. The molecule has 0 amide bonds. The molecule has 0 radical (unpaired) electrons. The van der Waals surface area contributed by atoms with E-state index in [4.69, 9.17) is 23.4 Å². The highest BCUT2D eigenvalue weighted by molar-refractivity contribution is 5.82. The highest BCUT2D eigenvalue weighted by Crippen LogP contribution is 2.80. The van der Waals surface area contributed by atoms with Crippen molar-refractivity contribution in [3.8, 4) is 0 Å². The Bertz CT molecular complexity index is 1220. The summed E-state index contributed by atoms with van der Waals surface area (Å²) in [6.45, 7) is 7.76. The maximum Gasteiger partial charge on any atom is 0.339 e. The lowest BCUT2D eigenvalue weighted by Gasteiger charge is -2.71. The fourth-order valence-corrected chi connectivity index (χ4v) is 9.61. The Morgan fingerprint density at radius 1 is 1.12 bits per heavy atom. The highest BCUT2D eigenvalue weighted by atomic mass is 16.7. The van der Waals surface area contributed by atoms with Crippen LogP contribution >= 0.6 is 0 Å². The second kappa shape index (κ2) is 8.28. The molecule has 2 saturated carbocycles. The fourth-order valence-electron chi connectivity index (χ4n) is 9.61. The molecular formula is C28H36O12. The molecule has 2 aliphatic carbocycles. The second-order valence-corrected chi connectivity index (χ2v) is 13.2. The van der Waals surface area contributed by atoms with Gasteiger partial charge in [-0.3, -0.25) is 9.59 Å². The maximum absolute atomic E-state index is 13.4. The van der Waals surface area contributed by atoms with Crippen LogP contribution in [0, 0.1) is 28.1 Å². The molecule has 12 heteroatoms. The molecule has 5 fully saturated rings. The van der Waals surface area contributed by atoms with Crippen molar-refractivity contribution in [3.05, 3.63) is 24.2 Å². The van der Waals surface area contributed by atoms with E-state index >= 15 is 0 Å². The van der Waals surface area contributed by atoms with Gasteiger partial charge < -0.3 is 43.8 Å². The van der Waals surface area contributed by atoms with Gasteiger partial charge in [0.1, 0.15) is 17.8 Å². The van der Waals surface area contributed by atoms with E-state index in [1.54, 1.807) is 13.0 Å². The molecule has 2 spiro atoms. The van der Waals surface area contributed by atoms with E-state index in [9.17, 15) is 34.8 Å². The quantitative estimate of drug-likeness (QED) is 0.230. The van der Waals surface area contributed by atoms with Crippen LogP contribution in [0.5, 0.6) is 0 Å². The molecule has 40 heavy (non-hydrogen) atoms. The number of aliphatic hydroxyl groups is 4. The van der Waals surface area contributed by atoms with E-state index in [1.165, 1.54) is 33.3 Å². The van der Waals surface area contributed by atoms with Gasteiger partial charge in [-0.05, 0) is 32.8 Å². The molecule has 3 saturated heterocycles. The monoisotopic (exact) mass is 564 g/mol. The van der Waals surface area contributed by atoms with Crippen LogP contribution in [-0.4, -0.2) is 80.2 Å². The first-order valence-corrected chi connectivity index (χ1v) is 13.6.